The smallest absolute Gasteiger partial charge is 0.300 e. The van der Waals surface area contributed by atoms with Crippen LogP contribution in [0.2, 0.25) is 5.02 Å². The van der Waals surface area contributed by atoms with E-state index >= 15 is 0 Å². The molecule has 8 nitrogen and oxygen atoms in total. The van der Waals surface area contributed by atoms with E-state index in [1.54, 1.807) is 31.2 Å². The van der Waals surface area contributed by atoms with E-state index in [1.807, 2.05) is 0 Å². The number of aromatic nitrogens is 1. The van der Waals surface area contributed by atoms with Gasteiger partial charge in [-0.25, -0.2) is 0 Å². The first-order valence-electron chi connectivity index (χ1n) is 10.2. The molecule has 1 unspecified atom stereocenters. The first-order chi connectivity index (χ1) is 16.3. The van der Waals surface area contributed by atoms with Crippen molar-refractivity contribution in [2.75, 3.05) is 19.1 Å². The summed E-state index contributed by atoms with van der Waals surface area (Å²) in [6.07, 6.45) is 3.02. The summed E-state index contributed by atoms with van der Waals surface area (Å²) in [6.45, 7) is 1.80. The van der Waals surface area contributed by atoms with Gasteiger partial charge in [0, 0.05) is 18.5 Å². The van der Waals surface area contributed by atoms with E-state index in [2.05, 4.69) is 4.98 Å². The number of aliphatic hydroxyl groups excluding tert-OH is 1. The third kappa shape index (κ3) is 3.82. The average Bonchev–Trinajstić information content (AvgIpc) is 3.10. The van der Waals surface area contributed by atoms with Gasteiger partial charge in [-0.1, -0.05) is 17.7 Å². The summed E-state index contributed by atoms with van der Waals surface area (Å²) in [5.41, 5.74) is 1.35. The maximum absolute atomic E-state index is 13.3. The number of carbonyl (C=O) groups is 2. The van der Waals surface area contributed by atoms with Crippen LogP contribution in [0.25, 0.3) is 5.76 Å². The molecule has 0 aliphatic carbocycles. The summed E-state index contributed by atoms with van der Waals surface area (Å²) < 4.78 is 10.6. The van der Waals surface area contributed by atoms with Gasteiger partial charge < -0.3 is 19.7 Å². The Kier molecular flexibility index (Phi) is 6.17. The molecule has 1 amide bonds. The molecule has 0 bridgehead atoms. The fourth-order valence-electron chi connectivity index (χ4n) is 3.96. The summed E-state index contributed by atoms with van der Waals surface area (Å²) in [4.78, 5) is 31.7. The highest BCUT2D eigenvalue weighted by atomic mass is 35.5. The maximum atomic E-state index is 13.3. The van der Waals surface area contributed by atoms with Gasteiger partial charge in [-0.3, -0.25) is 19.5 Å². The first kappa shape index (κ1) is 23.1. The fraction of sp³-hybridized carbons (Fsp3) is 0.160. The lowest BCUT2D eigenvalue weighted by Crippen LogP contribution is -2.29. The zero-order valence-corrected chi connectivity index (χ0v) is 19.3. The third-order valence-corrected chi connectivity index (χ3v) is 5.88. The highest BCUT2D eigenvalue weighted by molar-refractivity contribution is 6.52. The molecule has 0 spiro atoms. The Balaban J connectivity index is 2.01. The van der Waals surface area contributed by atoms with Crippen molar-refractivity contribution in [3.63, 3.8) is 0 Å². The van der Waals surface area contributed by atoms with Crippen LogP contribution in [0.3, 0.4) is 0 Å². The van der Waals surface area contributed by atoms with Gasteiger partial charge in [0.1, 0.15) is 23.0 Å². The van der Waals surface area contributed by atoms with Gasteiger partial charge in [0.05, 0.1) is 42.1 Å². The summed E-state index contributed by atoms with van der Waals surface area (Å²) in [6, 6.07) is 9.81. The van der Waals surface area contributed by atoms with Crippen molar-refractivity contribution in [2.45, 2.75) is 13.0 Å². The van der Waals surface area contributed by atoms with E-state index in [1.165, 1.54) is 49.7 Å². The molecular formula is C25H21ClN2O6. The van der Waals surface area contributed by atoms with Gasteiger partial charge in [-0.15, -0.1) is 0 Å². The first-order valence-corrected chi connectivity index (χ1v) is 10.6. The third-order valence-electron chi connectivity index (χ3n) is 5.59. The predicted molar refractivity (Wildman–Crippen MR) is 126 cm³/mol. The number of ether oxygens (including phenoxy) is 2. The normalized spacial score (nSPS) is 17.2. The molecule has 1 aliphatic rings. The number of carbonyl (C=O) groups excluding carboxylic acids is 2. The number of Topliss-reactive ketones (excluding diaryl/α,β-unsaturated/α-hetero) is 1. The molecule has 1 aromatic heterocycles. The number of aromatic hydroxyl groups is 1. The monoisotopic (exact) mass is 480 g/mol. The zero-order chi connectivity index (χ0) is 24.6. The fourth-order valence-corrected chi connectivity index (χ4v) is 4.20. The zero-order valence-electron chi connectivity index (χ0n) is 18.6. The van der Waals surface area contributed by atoms with Crippen molar-refractivity contribution in [1.82, 2.24) is 4.98 Å². The van der Waals surface area contributed by atoms with Gasteiger partial charge in [0.15, 0.2) is 0 Å². The van der Waals surface area contributed by atoms with Crippen LogP contribution in [0.4, 0.5) is 5.69 Å². The minimum atomic E-state index is -1.04. The van der Waals surface area contributed by atoms with Gasteiger partial charge in [0.25, 0.3) is 11.7 Å². The number of phenols is 1. The van der Waals surface area contributed by atoms with Crippen LogP contribution in [-0.2, 0) is 9.59 Å². The van der Waals surface area contributed by atoms with Crippen LogP contribution in [0.15, 0.2) is 60.4 Å². The standard InChI is InChI=1S/C25H21ClN2O6/c1-13-4-5-18(29)17(10-13)28-22(14-6-8-27-9-7-14)21(24(31)25(28)32)23(30)15-11-16(26)20(34-3)12-19(15)33-2/h4-12,22,29-30H,1-3H3/b23-21+. The highest BCUT2D eigenvalue weighted by Crippen LogP contribution is 2.46. The number of phenolic OH excluding ortho intramolecular Hbond substituents is 1. The number of nitrogens with zero attached hydrogens (tertiary/aromatic N) is 2. The molecule has 0 saturated carbocycles. The van der Waals surface area contributed by atoms with E-state index in [-0.39, 0.29) is 33.3 Å². The molecule has 1 saturated heterocycles. The second kappa shape index (κ2) is 9.07. The minimum Gasteiger partial charge on any atom is -0.507 e. The van der Waals surface area contributed by atoms with E-state index in [0.29, 0.717) is 11.3 Å². The van der Waals surface area contributed by atoms with Crippen molar-refractivity contribution >= 4 is 34.7 Å². The largest absolute Gasteiger partial charge is 0.507 e. The number of aryl methyl sites for hydroxylation is 1. The molecule has 1 fully saturated rings. The highest BCUT2D eigenvalue weighted by Gasteiger charge is 2.48. The van der Waals surface area contributed by atoms with Crippen molar-refractivity contribution in [3.8, 4) is 17.2 Å². The number of hydrogen-bond donors (Lipinski definition) is 2. The van der Waals surface area contributed by atoms with Crippen LogP contribution in [-0.4, -0.2) is 41.1 Å². The van der Waals surface area contributed by atoms with Crippen LogP contribution >= 0.6 is 11.6 Å². The Morgan fingerprint density at radius 2 is 1.71 bits per heavy atom. The topological polar surface area (TPSA) is 109 Å². The van der Waals surface area contributed by atoms with Gasteiger partial charge in [-0.2, -0.15) is 0 Å². The molecular weight excluding hydrogens is 460 g/mol. The number of aliphatic hydroxyl groups is 1. The second-order valence-corrected chi connectivity index (χ2v) is 8.04. The number of anilines is 1. The van der Waals surface area contributed by atoms with Crippen molar-refractivity contribution in [3.05, 3.63) is 82.1 Å². The van der Waals surface area contributed by atoms with Gasteiger partial charge >= 0.3 is 0 Å². The number of benzene rings is 2. The number of ketones is 1. The average molecular weight is 481 g/mol. The maximum Gasteiger partial charge on any atom is 0.300 e. The molecule has 1 aliphatic heterocycles. The lowest BCUT2D eigenvalue weighted by molar-refractivity contribution is -0.132. The van der Waals surface area contributed by atoms with Gasteiger partial charge in [-0.05, 0) is 48.4 Å². The van der Waals surface area contributed by atoms with E-state index < -0.39 is 23.5 Å². The molecule has 0 radical (unpaired) electrons. The number of amides is 1. The Labute approximate surface area is 200 Å². The molecule has 9 heteroatoms. The summed E-state index contributed by atoms with van der Waals surface area (Å²) in [5, 5.41) is 22.1. The molecule has 174 valence electrons. The van der Waals surface area contributed by atoms with Crippen LogP contribution < -0.4 is 14.4 Å². The molecule has 4 rings (SSSR count). The molecule has 34 heavy (non-hydrogen) atoms. The number of halogens is 1. The summed E-state index contributed by atoms with van der Waals surface area (Å²) in [5.74, 6) is -1.98. The quantitative estimate of drug-likeness (QED) is 0.316. The summed E-state index contributed by atoms with van der Waals surface area (Å²) in [7, 11) is 2.83. The Morgan fingerprint density at radius 1 is 1.03 bits per heavy atom. The molecule has 2 aromatic carbocycles. The minimum absolute atomic E-state index is 0.110. The van der Waals surface area contributed by atoms with Crippen LogP contribution in [0, 0.1) is 6.92 Å². The van der Waals surface area contributed by atoms with Gasteiger partial charge in [0.2, 0.25) is 0 Å². The summed E-state index contributed by atoms with van der Waals surface area (Å²) >= 11 is 6.27. The number of methoxy groups -OCH3 is 2. The van der Waals surface area contributed by atoms with Crippen molar-refractivity contribution in [2.24, 2.45) is 0 Å². The molecule has 3 aromatic rings. The lowest BCUT2D eigenvalue weighted by atomic mass is 9.95. The van der Waals surface area contributed by atoms with Crippen LogP contribution in [0.1, 0.15) is 22.7 Å². The predicted octanol–water partition coefficient (Wildman–Crippen LogP) is 4.39. The van der Waals surface area contributed by atoms with E-state index in [9.17, 15) is 19.8 Å². The Morgan fingerprint density at radius 3 is 2.35 bits per heavy atom. The molecule has 1 atom stereocenters. The lowest BCUT2D eigenvalue weighted by Gasteiger charge is -2.26. The van der Waals surface area contributed by atoms with E-state index in [0.717, 1.165) is 5.56 Å². The van der Waals surface area contributed by atoms with Crippen molar-refractivity contribution < 1.29 is 29.3 Å². The van der Waals surface area contributed by atoms with E-state index in [4.69, 9.17) is 21.1 Å². The molecule has 2 heterocycles. The number of pyridine rings is 1. The number of hydrogen-bond acceptors (Lipinski definition) is 7. The second-order valence-electron chi connectivity index (χ2n) is 7.63. The SMILES string of the molecule is COc1cc(OC)c(/C(O)=C2\C(=O)C(=O)N(c3cc(C)ccc3O)C2c2ccncc2)cc1Cl. The molecule has 2 N–H and O–H groups in total. The van der Waals surface area contributed by atoms with Crippen molar-refractivity contribution in [1.29, 1.82) is 0 Å². The van der Waals surface area contributed by atoms with Crippen LogP contribution in [0.5, 0.6) is 17.2 Å². The Bertz CT molecular complexity index is 1320. The Hall–Kier alpha value is -4.04. The number of rotatable bonds is 5.